The largest absolute Gasteiger partial charge is 0.373 e. The van der Waals surface area contributed by atoms with Crippen LogP contribution in [0, 0.1) is 6.92 Å². The van der Waals surface area contributed by atoms with Gasteiger partial charge in [-0.05, 0) is 68.0 Å². The van der Waals surface area contributed by atoms with Gasteiger partial charge in [-0.2, -0.15) is 0 Å². The van der Waals surface area contributed by atoms with E-state index < -0.39 is 0 Å². The fourth-order valence-corrected chi connectivity index (χ4v) is 5.25. The Hall–Kier alpha value is -3.42. The number of nitrogens with one attached hydrogen (secondary N) is 2. The summed E-state index contributed by atoms with van der Waals surface area (Å²) in [5.74, 6) is -0.268. The Morgan fingerprint density at radius 2 is 1.97 bits per heavy atom. The maximum absolute atomic E-state index is 13.4. The highest BCUT2D eigenvalue weighted by Gasteiger charge is 2.30. The first-order chi connectivity index (χ1) is 16.9. The number of anilines is 1. The third kappa shape index (κ3) is 5.16. The zero-order chi connectivity index (χ0) is 24.4. The molecule has 35 heavy (non-hydrogen) atoms. The lowest BCUT2D eigenvalue weighted by molar-refractivity contribution is 0.0205. The number of hydrogen-bond donors (Lipinski definition) is 2. The van der Waals surface area contributed by atoms with Crippen LogP contribution in [0.1, 0.15) is 51.1 Å². The van der Waals surface area contributed by atoms with Crippen molar-refractivity contribution in [3.05, 3.63) is 87.7 Å². The molecule has 0 bridgehead atoms. The number of ether oxygens (including phenoxy) is 1. The Kier molecular flexibility index (Phi) is 6.45. The minimum Gasteiger partial charge on any atom is -0.373 e. The Balaban J connectivity index is 1.46. The maximum atomic E-state index is 13.4. The van der Waals surface area contributed by atoms with Crippen LogP contribution in [0.3, 0.4) is 0 Å². The van der Waals surface area contributed by atoms with E-state index in [9.17, 15) is 9.59 Å². The lowest BCUT2D eigenvalue weighted by atomic mass is 10.0. The monoisotopic (exact) mass is 487 g/mol. The number of aromatic nitrogens is 1. The number of carbonyl (C=O) groups excluding carboxylic acids is 2. The number of nitrogens with zero attached hydrogens (tertiary/aromatic N) is 1. The minimum atomic E-state index is -0.317. The van der Waals surface area contributed by atoms with Crippen molar-refractivity contribution in [3.8, 4) is 0 Å². The number of amides is 2. The van der Waals surface area contributed by atoms with E-state index >= 15 is 0 Å². The summed E-state index contributed by atoms with van der Waals surface area (Å²) in [5, 5.41) is 8.83. The molecule has 1 atom stereocenters. The molecular weight excluding hydrogens is 458 g/mol. The molecule has 4 aromatic rings. The number of hydrogen-bond acceptors (Lipinski definition) is 4. The van der Waals surface area contributed by atoms with Gasteiger partial charge < -0.3 is 19.9 Å². The fourth-order valence-electron chi connectivity index (χ4n) is 4.63. The molecule has 2 aromatic heterocycles. The predicted octanol–water partition coefficient (Wildman–Crippen LogP) is 5.61. The molecule has 3 heterocycles. The molecule has 1 unspecified atom stereocenters. The van der Waals surface area contributed by atoms with Gasteiger partial charge in [0, 0.05) is 36.3 Å². The molecule has 0 spiro atoms. The first-order valence-corrected chi connectivity index (χ1v) is 12.7. The summed E-state index contributed by atoms with van der Waals surface area (Å²) >= 11 is 1.40. The number of rotatable bonds is 7. The van der Waals surface area contributed by atoms with Crippen molar-refractivity contribution in [2.24, 2.45) is 0 Å². The van der Waals surface area contributed by atoms with Gasteiger partial charge in [0.25, 0.3) is 11.8 Å². The highest BCUT2D eigenvalue weighted by Crippen LogP contribution is 2.27. The van der Waals surface area contributed by atoms with E-state index in [2.05, 4.69) is 35.8 Å². The van der Waals surface area contributed by atoms with Crippen LogP contribution in [-0.4, -0.2) is 35.1 Å². The van der Waals surface area contributed by atoms with Gasteiger partial charge in [0.2, 0.25) is 0 Å². The lowest BCUT2D eigenvalue weighted by Crippen LogP contribution is -2.40. The van der Waals surface area contributed by atoms with E-state index in [1.54, 1.807) is 6.07 Å². The van der Waals surface area contributed by atoms with Crippen molar-refractivity contribution in [2.45, 2.75) is 38.8 Å². The Labute approximate surface area is 208 Å². The molecule has 1 aliphatic rings. The van der Waals surface area contributed by atoms with Crippen LogP contribution in [0.25, 0.3) is 10.9 Å². The molecule has 2 amide bonds. The molecule has 6 nitrogen and oxygen atoms in total. The normalized spacial score (nSPS) is 17.5. The van der Waals surface area contributed by atoms with Crippen LogP contribution >= 0.6 is 11.3 Å². The van der Waals surface area contributed by atoms with Gasteiger partial charge in [-0.1, -0.05) is 35.9 Å². The van der Waals surface area contributed by atoms with E-state index in [4.69, 9.17) is 4.74 Å². The molecule has 1 saturated heterocycles. The van der Waals surface area contributed by atoms with Gasteiger partial charge in [0.1, 0.15) is 5.69 Å². The van der Waals surface area contributed by atoms with Gasteiger partial charge >= 0.3 is 0 Å². The maximum Gasteiger partial charge on any atom is 0.268 e. The van der Waals surface area contributed by atoms with Crippen molar-refractivity contribution >= 4 is 39.7 Å². The second-order valence-corrected chi connectivity index (χ2v) is 10.3. The number of aryl methyl sites for hydroxylation is 1. The number of fused-ring (bicyclic) bond motifs is 1. The SMILES string of the molecule is Cc1cccc(Cn2c(C(=O)NCC3(C)CCCO3)cc3cc(NC(=O)c4cccs4)ccc32)c1. The van der Waals surface area contributed by atoms with Crippen molar-refractivity contribution in [1.82, 2.24) is 9.88 Å². The highest BCUT2D eigenvalue weighted by molar-refractivity contribution is 7.12. The van der Waals surface area contributed by atoms with Gasteiger partial charge in [0.05, 0.1) is 10.5 Å². The second-order valence-electron chi connectivity index (χ2n) is 9.39. The van der Waals surface area contributed by atoms with Crippen LogP contribution in [-0.2, 0) is 11.3 Å². The van der Waals surface area contributed by atoms with Gasteiger partial charge in [-0.25, -0.2) is 0 Å². The molecule has 180 valence electrons. The Morgan fingerprint density at radius 1 is 1.09 bits per heavy atom. The number of thiophene rings is 1. The smallest absolute Gasteiger partial charge is 0.268 e. The number of benzene rings is 2. The molecule has 1 fully saturated rings. The van der Waals surface area contributed by atoms with Crippen LogP contribution in [0.5, 0.6) is 0 Å². The molecule has 2 N–H and O–H groups in total. The molecule has 1 aliphatic heterocycles. The summed E-state index contributed by atoms with van der Waals surface area (Å²) < 4.78 is 7.89. The highest BCUT2D eigenvalue weighted by atomic mass is 32.1. The average Bonchev–Trinajstić information content (AvgIpc) is 3.59. The van der Waals surface area contributed by atoms with Crippen molar-refractivity contribution in [1.29, 1.82) is 0 Å². The van der Waals surface area contributed by atoms with Crippen molar-refractivity contribution in [2.75, 3.05) is 18.5 Å². The van der Waals surface area contributed by atoms with Gasteiger partial charge in [0.15, 0.2) is 0 Å². The summed E-state index contributed by atoms with van der Waals surface area (Å²) in [4.78, 5) is 26.5. The first-order valence-electron chi connectivity index (χ1n) is 11.9. The van der Waals surface area contributed by atoms with Crippen molar-refractivity contribution in [3.63, 3.8) is 0 Å². The van der Waals surface area contributed by atoms with Crippen LogP contribution < -0.4 is 10.6 Å². The Bertz CT molecular complexity index is 1370. The van der Waals surface area contributed by atoms with E-state index in [-0.39, 0.29) is 17.4 Å². The van der Waals surface area contributed by atoms with E-state index in [0.717, 1.165) is 35.9 Å². The zero-order valence-corrected chi connectivity index (χ0v) is 20.8. The molecular formula is C28H29N3O3S. The van der Waals surface area contributed by atoms with E-state index in [0.29, 0.717) is 29.3 Å². The third-order valence-electron chi connectivity index (χ3n) is 6.48. The molecule has 0 aliphatic carbocycles. The number of carbonyl (C=O) groups is 2. The predicted molar refractivity (Wildman–Crippen MR) is 140 cm³/mol. The van der Waals surface area contributed by atoms with Crippen molar-refractivity contribution < 1.29 is 14.3 Å². The first kappa shape index (κ1) is 23.3. The molecule has 5 rings (SSSR count). The summed E-state index contributed by atoms with van der Waals surface area (Å²) in [6.07, 6.45) is 1.95. The summed E-state index contributed by atoms with van der Waals surface area (Å²) in [6.45, 7) is 5.89. The quantitative estimate of drug-likeness (QED) is 0.356. The van der Waals surface area contributed by atoms with E-state index in [1.165, 1.54) is 16.9 Å². The second kappa shape index (κ2) is 9.68. The van der Waals surface area contributed by atoms with Gasteiger partial charge in [-0.3, -0.25) is 9.59 Å². The summed E-state index contributed by atoms with van der Waals surface area (Å²) in [6, 6.07) is 19.6. The molecule has 2 aromatic carbocycles. The summed E-state index contributed by atoms with van der Waals surface area (Å²) in [5.41, 5.74) is 4.20. The summed E-state index contributed by atoms with van der Waals surface area (Å²) in [7, 11) is 0. The van der Waals surface area contributed by atoms with Crippen LogP contribution in [0.15, 0.2) is 66.0 Å². The molecule has 0 radical (unpaired) electrons. The Morgan fingerprint density at radius 3 is 2.71 bits per heavy atom. The van der Waals surface area contributed by atoms with Crippen LogP contribution in [0.2, 0.25) is 0 Å². The van der Waals surface area contributed by atoms with Crippen LogP contribution in [0.4, 0.5) is 5.69 Å². The van der Waals surface area contributed by atoms with E-state index in [1.807, 2.05) is 53.3 Å². The van der Waals surface area contributed by atoms with Gasteiger partial charge in [-0.15, -0.1) is 11.3 Å². The standard InChI is InChI=1S/C28H29N3O3S/c1-19-6-3-7-20(14-19)17-31-23-10-9-22(30-27(33)25-8-4-13-35-25)15-21(23)16-24(31)26(32)29-18-28(2)11-5-12-34-28/h3-4,6-10,13-16H,5,11-12,17-18H2,1-2H3,(H,29,32)(H,30,33). The third-order valence-corrected chi connectivity index (χ3v) is 7.35. The average molecular weight is 488 g/mol. The minimum absolute atomic E-state index is 0.130. The zero-order valence-electron chi connectivity index (χ0n) is 20.0. The lowest BCUT2D eigenvalue weighted by Gasteiger charge is -2.23. The fraction of sp³-hybridized carbons (Fsp3) is 0.286. The topological polar surface area (TPSA) is 72.4 Å². The molecule has 7 heteroatoms. The molecule has 0 saturated carbocycles.